The van der Waals surface area contributed by atoms with Crippen LogP contribution >= 0.6 is 0 Å². The summed E-state index contributed by atoms with van der Waals surface area (Å²) < 4.78 is 0. The normalized spacial score (nSPS) is 16.6. The van der Waals surface area contributed by atoms with Gasteiger partial charge in [0.25, 0.3) is 5.91 Å². The van der Waals surface area contributed by atoms with Crippen molar-refractivity contribution in [2.24, 2.45) is 0 Å². The van der Waals surface area contributed by atoms with Crippen LogP contribution < -0.4 is 5.32 Å². The molecule has 0 atom stereocenters. The standard InChI is InChI=1S/C16H25N3O/c1-12(2)18-7-9-19(10-8-18)16(20)15-6-5-14(17-4)11-13(15)3/h5-6,11-12,17H,7-10H2,1-4H3. The molecule has 20 heavy (non-hydrogen) atoms. The van der Waals surface area contributed by atoms with Crippen LogP contribution in [0.3, 0.4) is 0 Å². The van der Waals surface area contributed by atoms with Gasteiger partial charge in [0.2, 0.25) is 0 Å². The van der Waals surface area contributed by atoms with Crippen LogP contribution in [0.15, 0.2) is 18.2 Å². The highest BCUT2D eigenvalue weighted by molar-refractivity contribution is 5.96. The molecule has 1 aromatic carbocycles. The number of nitrogens with zero attached hydrogens (tertiary/aromatic N) is 2. The molecule has 1 heterocycles. The van der Waals surface area contributed by atoms with Gasteiger partial charge in [-0.25, -0.2) is 0 Å². The second-order valence-corrected chi connectivity index (χ2v) is 5.70. The Labute approximate surface area is 121 Å². The Bertz CT molecular complexity index is 477. The molecule has 0 spiro atoms. The fourth-order valence-electron chi connectivity index (χ4n) is 2.67. The molecule has 4 heteroatoms. The molecule has 0 aliphatic carbocycles. The summed E-state index contributed by atoms with van der Waals surface area (Å²) in [6.45, 7) is 10.00. The molecule has 110 valence electrons. The van der Waals surface area contributed by atoms with Gasteiger partial charge in [-0.2, -0.15) is 0 Å². The van der Waals surface area contributed by atoms with Gasteiger partial charge >= 0.3 is 0 Å². The molecule has 4 nitrogen and oxygen atoms in total. The molecule has 1 N–H and O–H groups in total. The third-order valence-corrected chi connectivity index (χ3v) is 4.08. The number of benzene rings is 1. The fraction of sp³-hybridized carbons (Fsp3) is 0.562. The Morgan fingerprint density at radius 3 is 2.35 bits per heavy atom. The monoisotopic (exact) mass is 275 g/mol. The zero-order chi connectivity index (χ0) is 14.7. The van der Waals surface area contributed by atoms with Gasteiger partial charge in [0.1, 0.15) is 0 Å². The van der Waals surface area contributed by atoms with E-state index in [1.54, 1.807) is 0 Å². The van der Waals surface area contributed by atoms with E-state index in [1.807, 2.05) is 37.1 Å². The number of nitrogens with one attached hydrogen (secondary N) is 1. The maximum Gasteiger partial charge on any atom is 0.254 e. The first kappa shape index (κ1) is 14.9. The Hall–Kier alpha value is -1.55. The number of hydrogen-bond donors (Lipinski definition) is 1. The van der Waals surface area contributed by atoms with E-state index in [1.165, 1.54) is 0 Å². The molecule has 1 aromatic rings. The molecular formula is C16H25N3O. The highest BCUT2D eigenvalue weighted by Crippen LogP contribution is 2.18. The Kier molecular flexibility index (Phi) is 4.65. The first-order chi connectivity index (χ1) is 9.52. The van der Waals surface area contributed by atoms with Gasteiger partial charge < -0.3 is 10.2 Å². The van der Waals surface area contributed by atoms with Crippen LogP contribution in [0.1, 0.15) is 29.8 Å². The van der Waals surface area contributed by atoms with Gasteiger partial charge in [0.05, 0.1) is 0 Å². The number of carbonyl (C=O) groups is 1. The van der Waals surface area contributed by atoms with Crippen LogP contribution in [-0.4, -0.2) is 55.0 Å². The van der Waals surface area contributed by atoms with Gasteiger partial charge in [-0.05, 0) is 44.5 Å². The van der Waals surface area contributed by atoms with Gasteiger partial charge in [0, 0.05) is 50.5 Å². The molecule has 0 saturated carbocycles. The SMILES string of the molecule is CNc1ccc(C(=O)N2CCN(C(C)C)CC2)c(C)c1. The Morgan fingerprint density at radius 2 is 1.85 bits per heavy atom. The van der Waals surface area contributed by atoms with Crippen molar-refractivity contribution in [1.29, 1.82) is 0 Å². The topological polar surface area (TPSA) is 35.6 Å². The average Bonchev–Trinajstić information content (AvgIpc) is 2.46. The quantitative estimate of drug-likeness (QED) is 0.918. The number of piperazine rings is 1. The number of amides is 1. The number of anilines is 1. The Morgan fingerprint density at radius 1 is 1.20 bits per heavy atom. The fourth-order valence-corrected chi connectivity index (χ4v) is 2.67. The van der Waals surface area contributed by atoms with E-state index in [2.05, 4.69) is 24.1 Å². The molecule has 1 fully saturated rings. The third kappa shape index (κ3) is 3.12. The van der Waals surface area contributed by atoms with Gasteiger partial charge in [-0.15, -0.1) is 0 Å². The van der Waals surface area contributed by atoms with E-state index in [9.17, 15) is 4.79 Å². The number of carbonyl (C=O) groups excluding carboxylic acids is 1. The molecule has 0 radical (unpaired) electrons. The van der Waals surface area contributed by atoms with Crippen LogP contribution in [0.5, 0.6) is 0 Å². The molecule has 0 bridgehead atoms. The van der Waals surface area contributed by atoms with E-state index < -0.39 is 0 Å². The highest BCUT2D eigenvalue weighted by Gasteiger charge is 2.24. The first-order valence-electron chi connectivity index (χ1n) is 7.34. The lowest BCUT2D eigenvalue weighted by molar-refractivity contribution is 0.0595. The van der Waals surface area contributed by atoms with Crippen LogP contribution in [0.4, 0.5) is 5.69 Å². The molecule has 1 saturated heterocycles. The van der Waals surface area contributed by atoms with Gasteiger partial charge in [0.15, 0.2) is 0 Å². The largest absolute Gasteiger partial charge is 0.388 e. The number of aryl methyl sites for hydroxylation is 1. The summed E-state index contributed by atoms with van der Waals surface area (Å²) in [7, 11) is 1.89. The Balaban J connectivity index is 2.05. The van der Waals surface area contributed by atoms with Crippen molar-refractivity contribution in [1.82, 2.24) is 9.80 Å². The molecular weight excluding hydrogens is 250 g/mol. The molecule has 0 unspecified atom stereocenters. The van der Waals surface area contributed by atoms with Crippen LogP contribution in [0, 0.1) is 6.92 Å². The zero-order valence-corrected chi connectivity index (χ0v) is 12.9. The molecule has 2 rings (SSSR count). The minimum absolute atomic E-state index is 0.161. The summed E-state index contributed by atoms with van der Waals surface area (Å²) in [6.07, 6.45) is 0. The summed E-state index contributed by atoms with van der Waals surface area (Å²) >= 11 is 0. The summed E-state index contributed by atoms with van der Waals surface area (Å²) in [5.74, 6) is 0.161. The zero-order valence-electron chi connectivity index (χ0n) is 12.9. The highest BCUT2D eigenvalue weighted by atomic mass is 16.2. The first-order valence-corrected chi connectivity index (χ1v) is 7.34. The molecule has 1 aliphatic rings. The van der Waals surface area contributed by atoms with Crippen molar-refractivity contribution < 1.29 is 4.79 Å². The lowest BCUT2D eigenvalue weighted by Crippen LogP contribution is -2.50. The van der Waals surface area contributed by atoms with E-state index in [-0.39, 0.29) is 5.91 Å². The lowest BCUT2D eigenvalue weighted by atomic mass is 10.1. The molecule has 1 aliphatic heterocycles. The summed E-state index contributed by atoms with van der Waals surface area (Å²) in [4.78, 5) is 17.0. The van der Waals surface area contributed by atoms with Gasteiger partial charge in [-0.1, -0.05) is 0 Å². The third-order valence-electron chi connectivity index (χ3n) is 4.08. The van der Waals surface area contributed by atoms with Crippen molar-refractivity contribution in [2.75, 3.05) is 38.5 Å². The minimum atomic E-state index is 0.161. The van der Waals surface area contributed by atoms with Crippen molar-refractivity contribution in [2.45, 2.75) is 26.8 Å². The summed E-state index contributed by atoms with van der Waals surface area (Å²) in [6, 6.07) is 6.48. The predicted molar refractivity (Wildman–Crippen MR) is 83.3 cm³/mol. The van der Waals surface area contributed by atoms with E-state index in [0.29, 0.717) is 6.04 Å². The average molecular weight is 275 g/mol. The number of hydrogen-bond acceptors (Lipinski definition) is 3. The van der Waals surface area contributed by atoms with Gasteiger partial charge in [-0.3, -0.25) is 9.69 Å². The maximum atomic E-state index is 12.6. The maximum absolute atomic E-state index is 12.6. The van der Waals surface area contributed by atoms with E-state index >= 15 is 0 Å². The van der Waals surface area contributed by atoms with Crippen LogP contribution in [0.2, 0.25) is 0 Å². The smallest absolute Gasteiger partial charge is 0.254 e. The summed E-state index contributed by atoms with van der Waals surface area (Å²) in [5, 5.41) is 3.10. The van der Waals surface area contributed by atoms with E-state index in [0.717, 1.165) is 43.0 Å². The minimum Gasteiger partial charge on any atom is -0.388 e. The predicted octanol–water partition coefficient (Wildman–Crippen LogP) is 2.20. The molecule has 1 amide bonds. The van der Waals surface area contributed by atoms with Crippen LogP contribution in [-0.2, 0) is 0 Å². The summed E-state index contributed by atoms with van der Waals surface area (Å²) in [5.41, 5.74) is 2.90. The van der Waals surface area contributed by atoms with Crippen molar-refractivity contribution in [3.05, 3.63) is 29.3 Å². The number of rotatable bonds is 3. The van der Waals surface area contributed by atoms with Crippen LogP contribution in [0.25, 0.3) is 0 Å². The lowest BCUT2D eigenvalue weighted by Gasteiger charge is -2.37. The second-order valence-electron chi connectivity index (χ2n) is 5.70. The van der Waals surface area contributed by atoms with E-state index in [4.69, 9.17) is 0 Å². The second kappa shape index (κ2) is 6.27. The van der Waals surface area contributed by atoms with Crippen molar-refractivity contribution in [3.8, 4) is 0 Å². The van der Waals surface area contributed by atoms with Crippen molar-refractivity contribution >= 4 is 11.6 Å². The molecule has 0 aromatic heterocycles. The van der Waals surface area contributed by atoms with Crippen molar-refractivity contribution in [3.63, 3.8) is 0 Å².